The number of aromatic nitrogens is 2. The topological polar surface area (TPSA) is 38.0 Å². The van der Waals surface area contributed by atoms with Gasteiger partial charge in [-0.15, -0.1) is 0 Å². The van der Waals surface area contributed by atoms with Gasteiger partial charge in [-0.1, -0.05) is 18.2 Å². The molecule has 2 aromatic carbocycles. The molecule has 0 radical (unpaired) electrons. The number of hydrogen-bond acceptors (Lipinski definition) is 2. The zero-order chi connectivity index (χ0) is 15.0. The molecular formula is C17H17FN2O. The molecule has 1 aromatic heterocycles. The van der Waals surface area contributed by atoms with E-state index in [1.54, 1.807) is 24.5 Å². The van der Waals surface area contributed by atoms with Crippen molar-refractivity contribution in [2.75, 3.05) is 0 Å². The number of nitrogens with zero attached hydrogens (tertiary/aromatic N) is 2. The molecule has 3 aromatic rings. The molecule has 0 spiro atoms. The highest BCUT2D eigenvalue weighted by molar-refractivity contribution is 5.77. The van der Waals surface area contributed by atoms with Crippen molar-refractivity contribution in [3.05, 3.63) is 65.2 Å². The van der Waals surface area contributed by atoms with Gasteiger partial charge in [0, 0.05) is 5.56 Å². The summed E-state index contributed by atoms with van der Waals surface area (Å²) in [5.74, 6) is -0.388. The fourth-order valence-electron chi connectivity index (χ4n) is 2.49. The zero-order valence-electron chi connectivity index (χ0n) is 12.0. The van der Waals surface area contributed by atoms with Crippen LogP contribution in [-0.2, 0) is 6.54 Å². The van der Waals surface area contributed by atoms with Crippen LogP contribution in [0.15, 0.2) is 42.7 Å². The van der Waals surface area contributed by atoms with E-state index < -0.39 is 6.10 Å². The van der Waals surface area contributed by atoms with E-state index in [4.69, 9.17) is 0 Å². The van der Waals surface area contributed by atoms with Crippen molar-refractivity contribution in [3.63, 3.8) is 0 Å². The Hall–Kier alpha value is -2.20. The Labute approximate surface area is 122 Å². The van der Waals surface area contributed by atoms with Gasteiger partial charge in [0.25, 0.3) is 0 Å². The van der Waals surface area contributed by atoms with Crippen LogP contribution in [0.5, 0.6) is 0 Å². The molecule has 3 rings (SSSR count). The molecule has 108 valence electrons. The van der Waals surface area contributed by atoms with Gasteiger partial charge in [-0.3, -0.25) is 0 Å². The number of aliphatic hydroxyl groups is 1. The third-order valence-corrected chi connectivity index (χ3v) is 3.87. The fourth-order valence-corrected chi connectivity index (χ4v) is 2.49. The molecule has 1 atom stereocenters. The number of fused-ring (bicyclic) bond motifs is 1. The largest absolute Gasteiger partial charge is 0.386 e. The van der Waals surface area contributed by atoms with Gasteiger partial charge >= 0.3 is 0 Å². The summed E-state index contributed by atoms with van der Waals surface area (Å²) in [5, 5.41) is 10.3. The Balaban J connectivity index is 1.95. The Morgan fingerprint density at radius 2 is 1.90 bits per heavy atom. The van der Waals surface area contributed by atoms with Crippen LogP contribution >= 0.6 is 0 Å². The van der Waals surface area contributed by atoms with Crippen molar-refractivity contribution in [2.45, 2.75) is 26.5 Å². The Bertz CT molecular complexity index is 795. The SMILES string of the molecule is Cc1cc2ncn(C[C@@H](O)c3ccccc3F)c2cc1C. The molecular weight excluding hydrogens is 267 g/mol. The van der Waals surface area contributed by atoms with Crippen LogP contribution in [0.4, 0.5) is 4.39 Å². The molecule has 1 heterocycles. The third-order valence-electron chi connectivity index (χ3n) is 3.87. The normalized spacial score (nSPS) is 12.8. The lowest BCUT2D eigenvalue weighted by molar-refractivity contribution is 0.153. The summed E-state index contributed by atoms with van der Waals surface area (Å²) < 4.78 is 15.6. The molecule has 1 N–H and O–H groups in total. The van der Waals surface area contributed by atoms with Crippen molar-refractivity contribution >= 4 is 11.0 Å². The minimum Gasteiger partial charge on any atom is -0.386 e. The van der Waals surface area contributed by atoms with E-state index in [1.165, 1.54) is 17.2 Å². The predicted molar refractivity (Wildman–Crippen MR) is 80.6 cm³/mol. The maximum atomic E-state index is 13.7. The van der Waals surface area contributed by atoms with Gasteiger partial charge in [0.1, 0.15) is 5.82 Å². The Morgan fingerprint density at radius 3 is 2.67 bits per heavy atom. The molecule has 0 amide bonds. The van der Waals surface area contributed by atoms with E-state index in [2.05, 4.69) is 4.98 Å². The number of halogens is 1. The first-order valence-corrected chi connectivity index (χ1v) is 6.91. The first kappa shape index (κ1) is 13.8. The molecule has 3 nitrogen and oxygen atoms in total. The van der Waals surface area contributed by atoms with Gasteiger partial charge in [0.15, 0.2) is 0 Å². The third kappa shape index (κ3) is 2.54. The van der Waals surface area contributed by atoms with Crippen LogP contribution in [0.1, 0.15) is 22.8 Å². The summed E-state index contributed by atoms with van der Waals surface area (Å²) in [7, 11) is 0. The minimum absolute atomic E-state index is 0.278. The van der Waals surface area contributed by atoms with E-state index in [0.717, 1.165) is 11.0 Å². The van der Waals surface area contributed by atoms with E-state index >= 15 is 0 Å². The second-order valence-corrected chi connectivity index (χ2v) is 5.36. The van der Waals surface area contributed by atoms with Gasteiger partial charge in [0.2, 0.25) is 0 Å². The van der Waals surface area contributed by atoms with Crippen LogP contribution < -0.4 is 0 Å². The van der Waals surface area contributed by atoms with Crippen LogP contribution in [-0.4, -0.2) is 14.7 Å². The van der Waals surface area contributed by atoms with Crippen LogP contribution in [0.2, 0.25) is 0 Å². The number of aryl methyl sites for hydroxylation is 2. The molecule has 0 aliphatic carbocycles. The predicted octanol–water partition coefficient (Wildman–Crippen LogP) is 3.53. The highest BCUT2D eigenvalue weighted by atomic mass is 19.1. The lowest BCUT2D eigenvalue weighted by Crippen LogP contribution is -2.09. The summed E-state index contributed by atoms with van der Waals surface area (Å²) in [6, 6.07) is 10.4. The number of aliphatic hydroxyl groups excluding tert-OH is 1. The lowest BCUT2D eigenvalue weighted by Gasteiger charge is -2.13. The number of hydrogen-bond donors (Lipinski definition) is 1. The number of benzene rings is 2. The molecule has 0 saturated heterocycles. The average Bonchev–Trinajstić information content (AvgIpc) is 2.82. The molecule has 0 fully saturated rings. The Morgan fingerprint density at radius 1 is 1.19 bits per heavy atom. The smallest absolute Gasteiger partial charge is 0.129 e. The van der Waals surface area contributed by atoms with Gasteiger partial charge in [0.05, 0.1) is 30.0 Å². The zero-order valence-corrected chi connectivity index (χ0v) is 12.0. The average molecular weight is 284 g/mol. The van der Waals surface area contributed by atoms with Crippen molar-refractivity contribution in [3.8, 4) is 0 Å². The fraction of sp³-hybridized carbons (Fsp3) is 0.235. The van der Waals surface area contributed by atoms with E-state index in [1.807, 2.05) is 30.5 Å². The molecule has 21 heavy (non-hydrogen) atoms. The summed E-state index contributed by atoms with van der Waals surface area (Å²) in [6.07, 6.45) is 0.790. The summed E-state index contributed by atoms with van der Waals surface area (Å²) in [6.45, 7) is 4.36. The highest BCUT2D eigenvalue weighted by Crippen LogP contribution is 2.23. The number of rotatable bonds is 3. The lowest BCUT2D eigenvalue weighted by atomic mass is 10.1. The van der Waals surface area contributed by atoms with Crippen molar-refractivity contribution in [1.82, 2.24) is 9.55 Å². The standard InChI is InChI=1S/C17H17FN2O/c1-11-7-15-16(8-12(11)2)20(10-19-15)9-17(21)13-5-3-4-6-14(13)18/h3-8,10,17,21H,9H2,1-2H3/t17-/m1/s1. The molecule has 0 saturated carbocycles. The van der Waals surface area contributed by atoms with E-state index in [-0.39, 0.29) is 12.4 Å². The highest BCUT2D eigenvalue weighted by Gasteiger charge is 2.14. The second kappa shape index (κ2) is 5.30. The van der Waals surface area contributed by atoms with Crippen LogP contribution in [0, 0.1) is 19.7 Å². The van der Waals surface area contributed by atoms with Gasteiger partial charge < -0.3 is 9.67 Å². The van der Waals surface area contributed by atoms with E-state index in [9.17, 15) is 9.50 Å². The second-order valence-electron chi connectivity index (χ2n) is 5.36. The summed E-state index contributed by atoms with van der Waals surface area (Å²) in [4.78, 5) is 4.35. The molecule has 0 aliphatic rings. The minimum atomic E-state index is -0.898. The summed E-state index contributed by atoms with van der Waals surface area (Å²) in [5.41, 5.74) is 4.50. The maximum Gasteiger partial charge on any atom is 0.129 e. The van der Waals surface area contributed by atoms with Crippen molar-refractivity contribution in [1.29, 1.82) is 0 Å². The first-order valence-electron chi connectivity index (χ1n) is 6.91. The quantitative estimate of drug-likeness (QED) is 0.799. The van der Waals surface area contributed by atoms with Crippen molar-refractivity contribution in [2.24, 2.45) is 0 Å². The van der Waals surface area contributed by atoms with Gasteiger partial charge in [-0.25, -0.2) is 9.37 Å². The molecule has 0 bridgehead atoms. The summed E-state index contributed by atoms with van der Waals surface area (Å²) >= 11 is 0. The Kier molecular flexibility index (Phi) is 3.47. The molecule has 0 unspecified atom stereocenters. The number of imidazole rings is 1. The van der Waals surface area contributed by atoms with Crippen molar-refractivity contribution < 1.29 is 9.50 Å². The maximum absolute atomic E-state index is 13.7. The molecule has 4 heteroatoms. The monoisotopic (exact) mass is 284 g/mol. The van der Waals surface area contributed by atoms with Gasteiger partial charge in [-0.05, 0) is 43.2 Å². The molecule has 0 aliphatic heterocycles. The van der Waals surface area contributed by atoms with Crippen LogP contribution in [0.3, 0.4) is 0 Å². The van der Waals surface area contributed by atoms with E-state index in [0.29, 0.717) is 5.56 Å². The first-order chi connectivity index (χ1) is 10.1. The van der Waals surface area contributed by atoms with Crippen LogP contribution in [0.25, 0.3) is 11.0 Å². The van der Waals surface area contributed by atoms with Gasteiger partial charge in [-0.2, -0.15) is 0 Å².